The second-order valence-electron chi connectivity index (χ2n) is 3.71. The van der Waals surface area contributed by atoms with Gasteiger partial charge in [-0.3, -0.25) is 0 Å². The van der Waals surface area contributed by atoms with Gasteiger partial charge in [-0.15, -0.1) is 0 Å². The number of rotatable bonds is 2. The van der Waals surface area contributed by atoms with E-state index < -0.39 is 6.09 Å². The molecule has 0 saturated heterocycles. The number of nitrogens with one attached hydrogen (secondary N) is 1. The molecule has 80 valence electrons. The number of hydrogen-bond acceptors (Lipinski definition) is 3. The van der Waals surface area contributed by atoms with Gasteiger partial charge in [0.05, 0.1) is 6.61 Å². The third-order valence-corrected chi connectivity index (χ3v) is 2.33. The SMILES string of the molecule is CCOC(=O)NN=C1CCCC(C)C1. The van der Waals surface area contributed by atoms with E-state index in [1.807, 2.05) is 0 Å². The maximum atomic E-state index is 10.9. The third kappa shape index (κ3) is 3.77. The monoisotopic (exact) mass is 198 g/mol. The summed E-state index contributed by atoms with van der Waals surface area (Å²) in [6.07, 6.45) is 3.96. The van der Waals surface area contributed by atoms with E-state index in [1.165, 1.54) is 12.8 Å². The van der Waals surface area contributed by atoms with Crippen LogP contribution >= 0.6 is 0 Å². The number of carbonyl (C=O) groups excluding carboxylic acids is 1. The quantitative estimate of drug-likeness (QED) is 0.692. The highest BCUT2D eigenvalue weighted by molar-refractivity contribution is 5.86. The highest BCUT2D eigenvalue weighted by atomic mass is 16.5. The van der Waals surface area contributed by atoms with E-state index in [9.17, 15) is 4.79 Å². The Kier molecular flexibility index (Phi) is 4.43. The van der Waals surface area contributed by atoms with Crippen LogP contribution in [0.1, 0.15) is 39.5 Å². The molecule has 0 heterocycles. The molecule has 0 aromatic heterocycles. The van der Waals surface area contributed by atoms with Crippen LogP contribution in [0.5, 0.6) is 0 Å². The fourth-order valence-electron chi connectivity index (χ4n) is 1.65. The van der Waals surface area contributed by atoms with E-state index in [-0.39, 0.29) is 0 Å². The molecule has 1 amide bonds. The van der Waals surface area contributed by atoms with Gasteiger partial charge in [-0.25, -0.2) is 10.2 Å². The van der Waals surface area contributed by atoms with E-state index in [0.29, 0.717) is 12.5 Å². The van der Waals surface area contributed by atoms with Crippen LogP contribution in [0, 0.1) is 5.92 Å². The van der Waals surface area contributed by atoms with Crippen LogP contribution in [-0.4, -0.2) is 18.4 Å². The van der Waals surface area contributed by atoms with E-state index in [1.54, 1.807) is 6.92 Å². The van der Waals surface area contributed by atoms with Gasteiger partial charge in [0.25, 0.3) is 0 Å². The Hall–Kier alpha value is -1.06. The van der Waals surface area contributed by atoms with Crippen LogP contribution < -0.4 is 5.43 Å². The van der Waals surface area contributed by atoms with E-state index in [4.69, 9.17) is 4.74 Å². The minimum absolute atomic E-state index is 0.382. The molecule has 1 fully saturated rings. The predicted molar refractivity (Wildman–Crippen MR) is 55.2 cm³/mol. The lowest BCUT2D eigenvalue weighted by Crippen LogP contribution is -2.22. The number of nitrogens with zero attached hydrogens (tertiary/aromatic N) is 1. The molecule has 1 aliphatic carbocycles. The first-order valence-corrected chi connectivity index (χ1v) is 5.20. The summed E-state index contributed by atoms with van der Waals surface area (Å²) in [4.78, 5) is 10.9. The standard InChI is InChI=1S/C10H18N2O2/c1-3-14-10(13)12-11-9-6-4-5-8(2)7-9/h8H,3-7H2,1-2H3,(H,12,13). The smallest absolute Gasteiger partial charge is 0.427 e. The van der Waals surface area contributed by atoms with Crippen LogP contribution in [-0.2, 0) is 4.74 Å². The van der Waals surface area contributed by atoms with Crippen LogP contribution in [0.15, 0.2) is 5.10 Å². The number of amides is 1. The van der Waals surface area contributed by atoms with Crippen LogP contribution in [0.3, 0.4) is 0 Å². The lowest BCUT2D eigenvalue weighted by molar-refractivity contribution is 0.152. The Morgan fingerprint density at radius 1 is 1.71 bits per heavy atom. The summed E-state index contributed by atoms with van der Waals surface area (Å²) in [7, 11) is 0. The van der Waals surface area contributed by atoms with E-state index >= 15 is 0 Å². The van der Waals surface area contributed by atoms with Crippen molar-refractivity contribution in [1.82, 2.24) is 5.43 Å². The maximum absolute atomic E-state index is 10.9. The number of hydrazone groups is 1. The first kappa shape index (κ1) is 11.0. The van der Waals surface area contributed by atoms with E-state index in [2.05, 4.69) is 17.5 Å². The molecular formula is C10H18N2O2. The molecule has 0 radical (unpaired) electrons. The summed E-state index contributed by atoms with van der Waals surface area (Å²) in [5, 5.41) is 4.04. The fourth-order valence-corrected chi connectivity index (χ4v) is 1.65. The zero-order chi connectivity index (χ0) is 10.4. The zero-order valence-corrected chi connectivity index (χ0v) is 8.88. The molecule has 1 unspecified atom stereocenters. The molecule has 4 nitrogen and oxygen atoms in total. The van der Waals surface area contributed by atoms with Crippen LogP contribution in [0.4, 0.5) is 4.79 Å². The molecule has 14 heavy (non-hydrogen) atoms. The molecule has 0 aromatic rings. The van der Waals surface area contributed by atoms with Gasteiger partial charge >= 0.3 is 6.09 Å². The summed E-state index contributed by atoms with van der Waals surface area (Å²) in [6, 6.07) is 0. The molecule has 1 rings (SSSR count). The molecule has 0 aliphatic heterocycles. The minimum Gasteiger partial charge on any atom is -0.449 e. The summed E-state index contributed by atoms with van der Waals surface area (Å²) < 4.78 is 4.70. The van der Waals surface area contributed by atoms with Crippen molar-refractivity contribution in [2.45, 2.75) is 39.5 Å². The van der Waals surface area contributed by atoms with Gasteiger partial charge in [0.1, 0.15) is 0 Å². The average molecular weight is 198 g/mol. The summed E-state index contributed by atoms with van der Waals surface area (Å²) in [5.41, 5.74) is 3.48. The zero-order valence-electron chi connectivity index (χ0n) is 8.88. The summed E-state index contributed by atoms with van der Waals surface area (Å²) >= 11 is 0. The second kappa shape index (κ2) is 5.62. The van der Waals surface area contributed by atoms with Crippen molar-refractivity contribution in [3.8, 4) is 0 Å². The van der Waals surface area contributed by atoms with Crippen molar-refractivity contribution in [3.05, 3.63) is 0 Å². The van der Waals surface area contributed by atoms with Gasteiger partial charge < -0.3 is 4.74 Å². The molecule has 1 saturated carbocycles. The lowest BCUT2D eigenvalue weighted by atomic mass is 9.89. The van der Waals surface area contributed by atoms with Gasteiger partial charge in [-0.2, -0.15) is 5.10 Å². The molecule has 1 aliphatic rings. The molecule has 0 spiro atoms. The topological polar surface area (TPSA) is 50.7 Å². The Morgan fingerprint density at radius 2 is 2.50 bits per heavy atom. The third-order valence-electron chi connectivity index (χ3n) is 2.33. The van der Waals surface area contributed by atoms with Crippen molar-refractivity contribution >= 4 is 11.8 Å². The second-order valence-corrected chi connectivity index (χ2v) is 3.71. The van der Waals surface area contributed by atoms with E-state index in [0.717, 1.165) is 18.6 Å². The molecule has 1 atom stereocenters. The highest BCUT2D eigenvalue weighted by Crippen LogP contribution is 2.20. The van der Waals surface area contributed by atoms with Crippen LogP contribution in [0.25, 0.3) is 0 Å². The molecule has 4 heteroatoms. The Bertz CT molecular complexity index is 226. The number of hydrogen-bond donors (Lipinski definition) is 1. The summed E-state index contributed by atoms with van der Waals surface area (Å²) in [5.74, 6) is 0.687. The normalized spacial score (nSPS) is 24.7. The Balaban J connectivity index is 2.32. The lowest BCUT2D eigenvalue weighted by Gasteiger charge is -2.18. The van der Waals surface area contributed by atoms with Crippen LogP contribution in [0.2, 0.25) is 0 Å². The first-order chi connectivity index (χ1) is 6.72. The molecule has 0 aromatic carbocycles. The van der Waals surface area contributed by atoms with Gasteiger partial charge in [0, 0.05) is 5.71 Å². The summed E-state index contributed by atoms with van der Waals surface area (Å²) in [6.45, 7) is 4.36. The Morgan fingerprint density at radius 3 is 3.14 bits per heavy atom. The van der Waals surface area contributed by atoms with Crippen molar-refractivity contribution in [2.24, 2.45) is 11.0 Å². The van der Waals surface area contributed by atoms with Crippen molar-refractivity contribution < 1.29 is 9.53 Å². The molecule has 1 N–H and O–H groups in total. The van der Waals surface area contributed by atoms with Gasteiger partial charge in [-0.1, -0.05) is 6.92 Å². The molecule has 0 bridgehead atoms. The number of carbonyl (C=O) groups is 1. The number of ether oxygens (including phenoxy) is 1. The van der Waals surface area contributed by atoms with Crippen molar-refractivity contribution in [3.63, 3.8) is 0 Å². The Labute approximate surface area is 84.7 Å². The minimum atomic E-state index is -0.460. The van der Waals surface area contributed by atoms with Crippen molar-refractivity contribution in [2.75, 3.05) is 6.61 Å². The van der Waals surface area contributed by atoms with Gasteiger partial charge in [-0.05, 0) is 38.5 Å². The maximum Gasteiger partial charge on any atom is 0.427 e. The largest absolute Gasteiger partial charge is 0.449 e. The van der Waals surface area contributed by atoms with Gasteiger partial charge in [0.2, 0.25) is 0 Å². The average Bonchev–Trinajstić information content (AvgIpc) is 2.15. The fraction of sp³-hybridized carbons (Fsp3) is 0.800. The molecular weight excluding hydrogens is 180 g/mol. The predicted octanol–water partition coefficient (Wildman–Crippen LogP) is 2.30. The highest BCUT2D eigenvalue weighted by Gasteiger charge is 2.14. The first-order valence-electron chi connectivity index (χ1n) is 5.20. The van der Waals surface area contributed by atoms with Crippen molar-refractivity contribution in [1.29, 1.82) is 0 Å². The van der Waals surface area contributed by atoms with Gasteiger partial charge in [0.15, 0.2) is 0 Å².